The van der Waals surface area contributed by atoms with E-state index in [1.54, 1.807) is 0 Å². The van der Waals surface area contributed by atoms with Gasteiger partial charge < -0.3 is 0 Å². The van der Waals surface area contributed by atoms with Crippen molar-refractivity contribution in [1.82, 2.24) is 0 Å². The van der Waals surface area contributed by atoms with Gasteiger partial charge in [-0.25, -0.2) is 4.39 Å². The summed E-state index contributed by atoms with van der Waals surface area (Å²) in [5.74, 6) is 1.84. The summed E-state index contributed by atoms with van der Waals surface area (Å²) in [4.78, 5) is 0. The zero-order valence-electron chi connectivity index (χ0n) is 20.5. The summed E-state index contributed by atoms with van der Waals surface area (Å²) >= 11 is 0. The molecule has 0 N–H and O–H groups in total. The van der Waals surface area contributed by atoms with Gasteiger partial charge in [0.25, 0.3) is 0 Å². The maximum atomic E-state index is 15.3. The Morgan fingerprint density at radius 2 is 1.59 bits per heavy atom. The molecule has 4 rings (SSSR count). The number of fused-ring (bicyclic) bond motifs is 1. The van der Waals surface area contributed by atoms with E-state index in [2.05, 4.69) is 44.2 Å². The summed E-state index contributed by atoms with van der Waals surface area (Å²) in [6, 6.07) is 13.3. The predicted molar refractivity (Wildman–Crippen MR) is 135 cm³/mol. The predicted octanol–water partition coefficient (Wildman–Crippen LogP) is 9.29. The molecule has 32 heavy (non-hydrogen) atoms. The highest BCUT2D eigenvalue weighted by Gasteiger charge is 2.26. The molecule has 174 valence electrons. The largest absolute Gasteiger partial charge is 0.207 e. The molecular weight excluding hydrogens is 391 g/mol. The fourth-order valence-electron chi connectivity index (χ4n) is 6.21. The van der Waals surface area contributed by atoms with E-state index in [-0.39, 0.29) is 5.82 Å². The molecule has 2 aliphatic carbocycles. The highest BCUT2D eigenvalue weighted by molar-refractivity contribution is 5.38. The van der Waals surface area contributed by atoms with E-state index in [0.29, 0.717) is 11.8 Å². The Morgan fingerprint density at radius 1 is 0.781 bits per heavy atom. The maximum Gasteiger partial charge on any atom is 0.126 e. The third-order valence-electron chi connectivity index (χ3n) is 8.32. The van der Waals surface area contributed by atoms with Crippen molar-refractivity contribution in [3.63, 3.8) is 0 Å². The Labute approximate surface area is 196 Å². The molecule has 0 bridgehead atoms. The van der Waals surface area contributed by atoms with E-state index in [1.165, 1.54) is 92.9 Å². The minimum absolute atomic E-state index is 0.0422. The first kappa shape index (κ1) is 23.5. The minimum Gasteiger partial charge on any atom is -0.207 e. The molecule has 2 aromatic carbocycles. The van der Waals surface area contributed by atoms with Crippen LogP contribution in [0.3, 0.4) is 0 Å². The standard InChI is InChI=1S/C31H43F/c1-3-5-7-9-23-10-13-25(14-11-23)28-18-19-30(31(32)22-28)29-17-16-26-20-24(8-6-4-2)12-15-27(26)21-29/h12,15,18-20,22-23,25,29H,3-11,13-14,16-17,21H2,1-2H3. The SMILES string of the molecule is CCCCCC1CCC(c2ccc(C3CCc4cc(CCCC)ccc4C3)c(F)c2)CC1. The Balaban J connectivity index is 1.36. The number of hydrogen-bond acceptors (Lipinski definition) is 0. The van der Waals surface area contributed by atoms with Gasteiger partial charge in [0.15, 0.2) is 0 Å². The average Bonchev–Trinajstić information content (AvgIpc) is 2.83. The van der Waals surface area contributed by atoms with E-state index in [4.69, 9.17) is 0 Å². The lowest BCUT2D eigenvalue weighted by atomic mass is 9.76. The van der Waals surface area contributed by atoms with Crippen molar-refractivity contribution in [3.8, 4) is 0 Å². The molecule has 1 heteroatoms. The number of benzene rings is 2. The summed E-state index contributed by atoms with van der Waals surface area (Å²) < 4.78 is 15.3. The van der Waals surface area contributed by atoms with Crippen molar-refractivity contribution < 1.29 is 4.39 Å². The molecule has 0 amide bonds. The second kappa shape index (κ2) is 11.5. The first-order chi connectivity index (χ1) is 15.7. The lowest BCUT2D eigenvalue weighted by Crippen LogP contribution is -2.16. The molecule has 2 aliphatic rings. The summed E-state index contributed by atoms with van der Waals surface area (Å²) in [7, 11) is 0. The van der Waals surface area contributed by atoms with Crippen molar-refractivity contribution in [2.75, 3.05) is 0 Å². The van der Waals surface area contributed by atoms with Gasteiger partial charge >= 0.3 is 0 Å². The van der Waals surface area contributed by atoms with Crippen LogP contribution in [0.5, 0.6) is 0 Å². The normalized spacial score (nSPS) is 23.2. The van der Waals surface area contributed by atoms with Crippen molar-refractivity contribution in [2.45, 2.75) is 116 Å². The van der Waals surface area contributed by atoms with Crippen LogP contribution in [-0.4, -0.2) is 0 Å². The van der Waals surface area contributed by atoms with Crippen LogP contribution in [0, 0.1) is 11.7 Å². The molecule has 1 atom stereocenters. The molecule has 1 saturated carbocycles. The van der Waals surface area contributed by atoms with Crippen LogP contribution in [0.2, 0.25) is 0 Å². The van der Waals surface area contributed by atoms with E-state index < -0.39 is 0 Å². The van der Waals surface area contributed by atoms with Gasteiger partial charge in [-0.05, 0) is 109 Å². The van der Waals surface area contributed by atoms with Crippen LogP contribution < -0.4 is 0 Å². The highest BCUT2D eigenvalue weighted by Crippen LogP contribution is 2.40. The Morgan fingerprint density at radius 3 is 2.34 bits per heavy atom. The topological polar surface area (TPSA) is 0 Å². The number of hydrogen-bond donors (Lipinski definition) is 0. The van der Waals surface area contributed by atoms with Crippen molar-refractivity contribution in [3.05, 3.63) is 70.0 Å². The van der Waals surface area contributed by atoms with Gasteiger partial charge in [-0.2, -0.15) is 0 Å². The van der Waals surface area contributed by atoms with Gasteiger partial charge in [0.05, 0.1) is 0 Å². The van der Waals surface area contributed by atoms with Crippen molar-refractivity contribution in [2.24, 2.45) is 5.92 Å². The van der Waals surface area contributed by atoms with Crippen LogP contribution in [0.1, 0.15) is 124 Å². The van der Waals surface area contributed by atoms with Gasteiger partial charge in [-0.15, -0.1) is 0 Å². The van der Waals surface area contributed by atoms with Gasteiger partial charge in [-0.1, -0.05) is 76.3 Å². The third-order valence-corrected chi connectivity index (χ3v) is 8.32. The molecule has 0 aliphatic heterocycles. The van der Waals surface area contributed by atoms with Gasteiger partial charge in [-0.3, -0.25) is 0 Å². The molecule has 0 spiro atoms. The first-order valence-corrected chi connectivity index (χ1v) is 13.6. The fraction of sp³-hybridized carbons (Fsp3) is 0.613. The minimum atomic E-state index is 0.0422. The first-order valence-electron chi connectivity index (χ1n) is 13.6. The molecule has 0 saturated heterocycles. The van der Waals surface area contributed by atoms with E-state index in [9.17, 15) is 0 Å². The van der Waals surface area contributed by atoms with E-state index in [0.717, 1.165) is 30.7 Å². The molecule has 0 nitrogen and oxygen atoms in total. The summed E-state index contributed by atoms with van der Waals surface area (Å²) in [6.07, 6.45) is 17.5. The number of aryl methyl sites for hydroxylation is 2. The molecular formula is C31H43F. The Hall–Kier alpha value is -1.63. The Kier molecular flexibility index (Phi) is 8.44. The molecule has 0 heterocycles. The monoisotopic (exact) mass is 434 g/mol. The van der Waals surface area contributed by atoms with E-state index in [1.807, 2.05) is 6.07 Å². The number of rotatable bonds is 9. The number of unbranched alkanes of at least 4 members (excludes halogenated alkanes) is 3. The second-order valence-electron chi connectivity index (χ2n) is 10.6. The number of halogens is 1. The van der Waals surface area contributed by atoms with Crippen LogP contribution in [-0.2, 0) is 19.3 Å². The fourth-order valence-corrected chi connectivity index (χ4v) is 6.21. The zero-order valence-corrected chi connectivity index (χ0v) is 20.5. The lowest BCUT2D eigenvalue weighted by Gasteiger charge is -2.30. The smallest absolute Gasteiger partial charge is 0.126 e. The van der Waals surface area contributed by atoms with Gasteiger partial charge in [0.2, 0.25) is 0 Å². The molecule has 1 unspecified atom stereocenters. The summed E-state index contributed by atoms with van der Waals surface area (Å²) in [5, 5.41) is 0. The van der Waals surface area contributed by atoms with E-state index >= 15 is 4.39 Å². The molecule has 2 aromatic rings. The highest BCUT2D eigenvalue weighted by atomic mass is 19.1. The zero-order chi connectivity index (χ0) is 22.3. The van der Waals surface area contributed by atoms with Crippen LogP contribution >= 0.6 is 0 Å². The van der Waals surface area contributed by atoms with Gasteiger partial charge in [0.1, 0.15) is 5.82 Å². The maximum absolute atomic E-state index is 15.3. The molecule has 1 fully saturated rings. The third kappa shape index (κ3) is 5.83. The Bertz CT molecular complexity index is 859. The quantitative estimate of drug-likeness (QED) is 0.345. The van der Waals surface area contributed by atoms with Crippen LogP contribution in [0.4, 0.5) is 4.39 Å². The van der Waals surface area contributed by atoms with Crippen LogP contribution in [0.15, 0.2) is 36.4 Å². The lowest BCUT2D eigenvalue weighted by molar-refractivity contribution is 0.302. The summed E-state index contributed by atoms with van der Waals surface area (Å²) in [5.41, 5.74) is 6.60. The molecule has 0 aromatic heterocycles. The van der Waals surface area contributed by atoms with Gasteiger partial charge in [0, 0.05) is 0 Å². The van der Waals surface area contributed by atoms with Crippen molar-refractivity contribution in [1.29, 1.82) is 0 Å². The average molecular weight is 435 g/mol. The van der Waals surface area contributed by atoms with Crippen molar-refractivity contribution >= 4 is 0 Å². The molecule has 0 radical (unpaired) electrons. The summed E-state index contributed by atoms with van der Waals surface area (Å²) in [6.45, 7) is 4.54. The van der Waals surface area contributed by atoms with Crippen LogP contribution in [0.25, 0.3) is 0 Å². The second-order valence-corrected chi connectivity index (χ2v) is 10.6.